The van der Waals surface area contributed by atoms with E-state index in [-0.39, 0.29) is 0 Å². The maximum absolute atomic E-state index is 6.21. The summed E-state index contributed by atoms with van der Waals surface area (Å²) in [6.07, 6.45) is 1.66. The molecular formula is C12H12ClN3O2. The number of hydrogen-bond acceptors (Lipinski definition) is 4. The molecule has 0 saturated heterocycles. The van der Waals surface area contributed by atoms with Gasteiger partial charge in [0.1, 0.15) is 19.0 Å². The normalized spacial score (nSPS) is 13.7. The zero-order chi connectivity index (χ0) is 12.7. The molecule has 1 aliphatic rings. The molecule has 3 N–H and O–H groups in total. The summed E-state index contributed by atoms with van der Waals surface area (Å²) in [6.45, 7) is 2.95. The molecule has 0 amide bonds. The number of halogens is 1. The molecule has 0 atom stereocenters. The standard InChI is InChI=1S/C12H12ClN3O2/c1-6-8(13)4-9-11(18-3-2-17-9)10(6)7-5-15-16-12(7)14/h4-5H,2-3H2,1H3,(H3,14,15,16). The van der Waals surface area contributed by atoms with Crippen molar-refractivity contribution >= 4 is 17.4 Å². The number of anilines is 1. The van der Waals surface area contributed by atoms with Crippen molar-refractivity contribution in [3.05, 3.63) is 22.8 Å². The van der Waals surface area contributed by atoms with E-state index in [4.69, 9.17) is 26.8 Å². The molecule has 5 nitrogen and oxygen atoms in total. The molecule has 0 bridgehead atoms. The van der Waals surface area contributed by atoms with Crippen LogP contribution in [0.4, 0.5) is 5.82 Å². The van der Waals surface area contributed by atoms with Gasteiger partial charge in [0.25, 0.3) is 0 Å². The number of aromatic amines is 1. The number of hydrogen-bond donors (Lipinski definition) is 2. The number of nitrogens with zero attached hydrogens (tertiary/aromatic N) is 1. The van der Waals surface area contributed by atoms with Gasteiger partial charge in [-0.2, -0.15) is 5.10 Å². The maximum atomic E-state index is 6.21. The maximum Gasteiger partial charge on any atom is 0.169 e. The van der Waals surface area contributed by atoms with E-state index in [1.165, 1.54) is 0 Å². The van der Waals surface area contributed by atoms with Gasteiger partial charge < -0.3 is 15.2 Å². The van der Waals surface area contributed by atoms with Gasteiger partial charge in [-0.1, -0.05) is 11.6 Å². The van der Waals surface area contributed by atoms with E-state index in [0.29, 0.717) is 35.6 Å². The van der Waals surface area contributed by atoms with E-state index in [9.17, 15) is 0 Å². The molecule has 0 fully saturated rings. The Labute approximate surface area is 109 Å². The van der Waals surface area contributed by atoms with E-state index < -0.39 is 0 Å². The van der Waals surface area contributed by atoms with Crippen LogP contribution in [0.1, 0.15) is 5.56 Å². The minimum Gasteiger partial charge on any atom is -0.486 e. The lowest BCUT2D eigenvalue weighted by Crippen LogP contribution is -2.16. The minimum absolute atomic E-state index is 0.483. The molecule has 1 aromatic heterocycles. The number of fused-ring (bicyclic) bond motifs is 1. The van der Waals surface area contributed by atoms with E-state index in [1.54, 1.807) is 12.3 Å². The van der Waals surface area contributed by atoms with Crippen molar-refractivity contribution in [3.63, 3.8) is 0 Å². The summed E-state index contributed by atoms with van der Waals surface area (Å²) in [5, 5.41) is 7.26. The second kappa shape index (κ2) is 4.10. The first kappa shape index (κ1) is 11.2. The lowest BCUT2D eigenvalue weighted by molar-refractivity contribution is 0.172. The molecule has 0 radical (unpaired) electrons. The first-order valence-electron chi connectivity index (χ1n) is 5.56. The fourth-order valence-corrected chi connectivity index (χ4v) is 2.26. The van der Waals surface area contributed by atoms with Gasteiger partial charge in [0.05, 0.1) is 6.20 Å². The Hall–Kier alpha value is -1.88. The van der Waals surface area contributed by atoms with Crippen LogP contribution in [-0.4, -0.2) is 23.4 Å². The van der Waals surface area contributed by atoms with Crippen LogP contribution in [-0.2, 0) is 0 Å². The molecule has 0 spiro atoms. The van der Waals surface area contributed by atoms with E-state index in [1.807, 2.05) is 6.92 Å². The zero-order valence-corrected chi connectivity index (χ0v) is 10.5. The van der Waals surface area contributed by atoms with Crippen LogP contribution in [0.25, 0.3) is 11.1 Å². The Kier molecular flexibility index (Phi) is 2.56. The number of aromatic nitrogens is 2. The molecule has 1 aliphatic heterocycles. The highest BCUT2D eigenvalue weighted by atomic mass is 35.5. The van der Waals surface area contributed by atoms with Crippen molar-refractivity contribution in [1.29, 1.82) is 0 Å². The molecule has 0 unspecified atom stereocenters. The third-order valence-corrected chi connectivity index (χ3v) is 3.36. The van der Waals surface area contributed by atoms with Gasteiger partial charge in [0.2, 0.25) is 0 Å². The lowest BCUT2D eigenvalue weighted by atomic mass is 10.0. The fraction of sp³-hybridized carbons (Fsp3) is 0.250. The van der Waals surface area contributed by atoms with E-state index in [2.05, 4.69) is 10.2 Å². The summed E-state index contributed by atoms with van der Waals surface area (Å²) >= 11 is 6.21. The highest BCUT2D eigenvalue weighted by Crippen LogP contribution is 2.46. The first-order valence-corrected chi connectivity index (χ1v) is 5.94. The molecule has 0 saturated carbocycles. The summed E-state index contributed by atoms with van der Waals surface area (Å²) in [6, 6.07) is 1.77. The predicted molar refractivity (Wildman–Crippen MR) is 69.2 cm³/mol. The summed E-state index contributed by atoms with van der Waals surface area (Å²) in [5.41, 5.74) is 8.38. The van der Waals surface area contributed by atoms with Gasteiger partial charge >= 0.3 is 0 Å². The highest BCUT2D eigenvalue weighted by Gasteiger charge is 2.23. The van der Waals surface area contributed by atoms with Crippen molar-refractivity contribution in [2.75, 3.05) is 18.9 Å². The molecule has 6 heteroatoms. The van der Waals surface area contributed by atoms with E-state index in [0.717, 1.165) is 16.7 Å². The monoisotopic (exact) mass is 265 g/mol. The molecule has 1 aromatic carbocycles. The number of rotatable bonds is 1. The van der Waals surface area contributed by atoms with E-state index >= 15 is 0 Å². The number of nitrogen functional groups attached to an aromatic ring is 1. The van der Waals surface area contributed by atoms with Crippen molar-refractivity contribution in [2.45, 2.75) is 6.92 Å². The average Bonchev–Trinajstić information content (AvgIpc) is 2.77. The van der Waals surface area contributed by atoms with Crippen LogP contribution in [0.2, 0.25) is 5.02 Å². The number of H-pyrrole nitrogens is 1. The Bertz CT molecular complexity index is 610. The van der Waals surface area contributed by atoms with Crippen LogP contribution in [0.3, 0.4) is 0 Å². The number of nitrogens with two attached hydrogens (primary N) is 1. The van der Waals surface area contributed by atoms with Crippen molar-refractivity contribution in [1.82, 2.24) is 10.2 Å². The highest BCUT2D eigenvalue weighted by molar-refractivity contribution is 6.32. The molecule has 3 rings (SSSR count). The Morgan fingerprint density at radius 1 is 1.39 bits per heavy atom. The van der Waals surface area contributed by atoms with Gasteiger partial charge in [-0.15, -0.1) is 0 Å². The number of benzene rings is 1. The summed E-state index contributed by atoms with van der Waals surface area (Å²) in [7, 11) is 0. The largest absolute Gasteiger partial charge is 0.486 e. The SMILES string of the molecule is Cc1c(Cl)cc2c(c1-c1cn[nH]c1N)OCCO2. The molecule has 0 aliphatic carbocycles. The van der Waals surface area contributed by atoms with Crippen LogP contribution < -0.4 is 15.2 Å². The first-order chi connectivity index (χ1) is 8.68. The van der Waals surface area contributed by atoms with Crippen LogP contribution >= 0.6 is 11.6 Å². The van der Waals surface area contributed by atoms with Crippen LogP contribution in [0.5, 0.6) is 11.5 Å². The third-order valence-electron chi connectivity index (χ3n) is 2.97. The van der Waals surface area contributed by atoms with Crippen molar-refractivity contribution in [3.8, 4) is 22.6 Å². The Balaban J connectivity index is 2.30. The van der Waals surface area contributed by atoms with Crippen LogP contribution in [0, 0.1) is 6.92 Å². The van der Waals surface area contributed by atoms with Gasteiger partial charge in [-0.05, 0) is 12.5 Å². The van der Waals surface area contributed by atoms with Gasteiger partial charge in [-0.3, -0.25) is 5.10 Å². The van der Waals surface area contributed by atoms with Gasteiger partial charge in [-0.25, -0.2) is 0 Å². The number of nitrogens with one attached hydrogen (secondary N) is 1. The molecule has 2 heterocycles. The molecular weight excluding hydrogens is 254 g/mol. The minimum atomic E-state index is 0.483. The fourth-order valence-electron chi connectivity index (χ4n) is 2.07. The number of ether oxygens (including phenoxy) is 2. The second-order valence-corrected chi connectivity index (χ2v) is 4.49. The molecule has 18 heavy (non-hydrogen) atoms. The quantitative estimate of drug-likeness (QED) is 0.830. The third kappa shape index (κ3) is 1.59. The summed E-state index contributed by atoms with van der Waals surface area (Å²) in [4.78, 5) is 0. The predicted octanol–water partition coefficient (Wildman–Crippen LogP) is 2.39. The smallest absolute Gasteiger partial charge is 0.169 e. The van der Waals surface area contributed by atoms with Crippen molar-refractivity contribution < 1.29 is 9.47 Å². The molecule has 2 aromatic rings. The van der Waals surface area contributed by atoms with Crippen molar-refractivity contribution in [2.24, 2.45) is 0 Å². The summed E-state index contributed by atoms with van der Waals surface area (Å²) < 4.78 is 11.2. The average molecular weight is 266 g/mol. The topological polar surface area (TPSA) is 73.2 Å². The zero-order valence-electron chi connectivity index (χ0n) is 9.79. The Morgan fingerprint density at radius 2 is 2.17 bits per heavy atom. The second-order valence-electron chi connectivity index (χ2n) is 4.08. The van der Waals surface area contributed by atoms with Gasteiger partial charge in [0.15, 0.2) is 11.5 Å². The Morgan fingerprint density at radius 3 is 2.89 bits per heavy atom. The lowest BCUT2D eigenvalue weighted by Gasteiger charge is -2.23. The summed E-state index contributed by atoms with van der Waals surface area (Å²) in [5.74, 6) is 1.81. The molecule has 94 valence electrons. The van der Waals surface area contributed by atoms with Gasteiger partial charge in [0, 0.05) is 22.2 Å². The van der Waals surface area contributed by atoms with Crippen LogP contribution in [0.15, 0.2) is 12.3 Å².